The standard InChI is InChI=1S/C20H25N3O3S/c1-14-3-6-18(11-15(14)2)22-27(25,26)19-7-4-17(5-8-19)20(24)23-10-9-16(12-21)13-23/h3-8,11,16,22H,9-10,12-13,21H2,1-2H3. The number of carbonyl (C=O) groups is 1. The molecular weight excluding hydrogens is 362 g/mol. The zero-order valence-electron chi connectivity index (χ0n) is 15.6. The normalized spacial score (nSPS) is 17.1. The first-order chi connectivity index (χ1) is 12.8. The molecule has 7 heteroatoms. The van der Waals surface area contributed by atoms with Crippen LogP contribution in [-0.2, 0) is 10.0 Å². The molecule has 2 aromatic carbocycles. The lowest BCUT2D eigenvalue weighted by atomic mass is 10.1. The predicted molar refractivity (Wildman–Crippen MR) is 106 cm³/mol. The number of hydrogen-bond acceptors (Lipinski definition) is 4. The summed E-state index contributed by atoms with van der Waals surface area (Å²) in [6.07, 6.45) is 0.911. The lowest BCUT2D eigenvalue weighted by Crippen LogP contribution is -2.29. The molecule has 0 aliphatic carbocycles. The van der Waals surface area contributed by atoms with Crippen molar-refractivity contribution in [3.63, 3.8) is 0 Å². The minimum Gasteiger partial charge on any atom is -0.338 e. The Balaban J connectivity index is 1.73. The second-order valence-corrected chi connectivity index (χ2v) is 8.75. The van der Waals surface area contributed by atoms with Crippen LogP contribution in [0.2, 0.25) is 0 Å². The van der Waals surface area contributed by atoms with E-state index in [2.05, 4.69) is 4.72 Å². The number of nitrogens with zero attached hydrogens (tertiary/aromatic N) is 1. The maximum absolute atomic E-state index is 12.6. The van der Waals surface area contributed by atoms with Crippen LogP contribution in [0.15, 0.2) is 47.4 Å². The van der Waals surface area contributed by atoms with Crippen LogP contribution in [0, 0.1) is 19.8 Å². The van der Waals surface area contributed by atoms with Gasteiger partial charge in [0.2, 0.25) is 0 Å². The van der Waals surface area contributed by atoms with Gasteiger partial charge in [-0.3, -0.25) is 9.52 Å². The second kappa shape index (κ2) is 7.70. The van der Waals surface area contributed by atoms with Crippen LogP contribution in [0.1, 0.15) is 27.9 Å². The molecule has 1 atom stereocenters. The van der Waals surface area contributed by atoms with E-state index in [0.29, 0.717) is 36.8 Å². The van der Waals surface area contributed by atoms with Crippen molar-refractivity contribution >= 4 is 21.6 Å². The summed E-state index contributed by atoms with van der Waals surface area (Å²) in [5, 5.41) is 0. The fourth-order valence-electron chi connectivity index (χ4n) is 3.19. The first kappa shape index (κ1) is 19.4. The summed E-state index contributed by atoms with van der Waals surface area (Å²) in [4.78, 5) is 14.4. The van der Waals surface area contributed by atoms with Gasteiger partial charge in [-0.05, 0) is 80.3 Å². The summed E-state index contributed by atoms with van der Waals surface area (Å²) >= 11 is 0. The maximum Gasteiger partial charge on any atom is 0.261 e. The van der Waals surface area contributed by atoms with E-state index in [1.807, 2.05) is 19.9 Å². The molecule has 0 bridgehead atoms. The number of rotatable bonds is 5. The summed E-state index contributed by atoms with van der Waals surface area (Å²) in [6, 6.07) is 11.5. The van der Waals surface area contributed by atoms with E-state index in [0.717, 1.165) is 17.5 Å². The summed E-state index contributed by atoms with van der Waals surface area (Å²) in [7, 11) is -3.71. The number of nitrogens with one attached hydrogen (secondary N) is 1. The van der Waals surface area contributed by atoms with E-state index in [-0.39, 0.29) is 10.8 Å². The molecule has 6 nitrogen and oxygen atoms in total. The Hall–Kier alpha value is -2.38. The first-order valence-corrected chi connectivity index (χ1v) is 10.5. The molecule has 144 valence electrons. The zero-order chi connectivity index (χ0) is 19.6. The lowest BCUT2D eigenvalue weighted by Gasteiger charge is -2.16. The molecule has 0 saturated carbocycles. The van der Waals surface area contributed by atoms with Crippen LogP contribution in [0.4, 0.5) is 5.69 Å². The van der Waals surface area contributed by atoms with Gasteiger partial charge < -0.3 is 10.6 Å². The topological polar surface area (TPSA) is 92.5 Å². The van der Waals surface area contributed by atoms with Gasteiger partial charge in [0.1, 0.15) is 0 Å². The largest absolute Gasteiger partial charge is 0.338 e. The van der Waals surface area contributed by atoms with Crippen molar-refractivity contribution in [1.82, 2.24) is 4.90 Å². The number of nitrogens with two attached hydrogens (primary N) is 1. The number of benzene rings is 2. The van der Waals surface area contributed by atoms with Crippen molar-refractivity contribution in [2.24, 2.45) is 11.7 Å². The zero-order valence-corrected chi connectivity index (χ0v) is 16.4. The monoisotopic (exact) mass is 387 g/mol. The molecule has 1 aliphatic heterocycles. The minimum atomic E-state index is -3.71. The van der Waals surface area contributed by atoms with Crippen LogP contribution >= 0.6 is 0 Å². The van der Waals surface area contributed by atoms with Crippen LogP contribution in [0.5, 0.6) is 0 Å². The number of sulfonamides is 1. The highest BCUT2D eigenvalue weighted by Gasteiger charge is 2.26. The molecule has 1 unspecified atom stereocenters. The number of aryl methyl sites for hydroxylation is 2. The Bertz CT molecular complexity index is 939. The molecule has 1 amide bonds. The number of carbonyl (C=O) groups excluding carboxylic acids is 1. The summed E-state index contributed by atoms with van der Waals surface area (Å²) < 4.78 is 27.8. The minimum absolute atomic E-state index is 0.0861. The molecule has 1 fully saturated rings. The highest BCUT2D eigenvalue weighted by molar-refractivity contribution is 7.92. The average Bonchev–Trinajstić information content (AvgIpc) is 3.13. The molecule has 3 rings (SSSR count). The van der Waals surface area contributed by atoms with E-state index < -0.39 is 10.0 Å². The average molecular weight is 388 g/mol. The molecule has 1 heterocycles. The third kappa shape index (κ3) is 4.31. The van der Waals surface area contributed by atoms with Crippen molar-refractivity contribution in [3.8, 4) is 0 Å². The lowest BCUT2D eigenvalue weighted by molar-refractivity contribution is 0.0787. The van der Waals surface area contributed by atoms with E-state index in [1.165, 1.54) is 12.1 Å². The quantitative estimate of drug-likeness (QED) is 0.824. The molecular formula is C20H25N3O3S. The summed E-state index contributed by atoms with van der Waals surface area (Å²) in [5.74, 6) is 0.257. The Morgan fingerprint density at radius 2 is 1.85 bits per heavy atom. The number of likely N-dealkylation sites (tertiary alicyclic amines) is 1. The summed E-state index contributed by atoms with van der Waals surface area (Å²) in [5.41, 5.74) is 8.78. The molecule has 0 spiro atoms. The third-order valence-electron chi connectivity index (χ3n) is 5.08. The molecule has 0 radical (unpaired) electrons. The fourth-order valence-corrected chi connectivity index (χ4v) is 4.24. The van der Waals surface area contributed by atoms with Gasteiger partial charge in [0.25, 0.3) is 15.9 Å². The van der Waals surface area contributed by atoms with Crippen molar-refractivity contribution in [2.75, 3.05) is 24.4 Å². The van der Waals surface area contributed by atoms with Crippen molar-refractivity contribution in [3.05, 3.63) is 59.2 Å². The molecule has 1 saturated heterocycles. The smallest absolute Gasteiger partial charge is 0.261 e. The molecule has 0 aromatic heterocycles. The van der Waals surface area contributed by atoms with Gasteiger partial charge in [0.15, 0.2) is 0 Å². The van der Waals surface area contributed by atoms with Gasteiger partial charge in [-0.2, -0.15) is 0 Å². The van der Waals surface area contributed by atoms with E-state index in [1.54, 1.807) is 29.2 Å². The van der Waals surface area contributed by atoms with E-state index in [4.69, 9.17) is 5.73 Å². The van der Waals surface area contributed by atoms with Crippen molar-refractivity contribution in [1.29, 1.82) is 0 Å². The van der Waals surface area contributed by atoms with Crippen molar-refractivity contribution < 1.29 is 13.2 Å². The Labute approximate surface area is 160 Å². The van der Waals surface area contributed by atoms with E-state index >= 15 is 0 Å². The molecule has 1 aliphatic rings. The highest BCUT2D eigenvalue weighted by Crippen LogP contribution is 2.21. The van der Waals surface area contributed by atoms with Gasteiger partial charge in [-0.25, -0.2) is 8.42 Å². The number of anilines is 1. The molecule has 2 aromatic rings. The van der Waals surface area contributed by atoms with Crippen molar-refractivity contribution in [2.45, 2.75) is 25.2 Å². The fraction of sp³-hybridized carbons (Fsp3) is 0.350. The van der Waals surface area contributed by atoms with Crippen LogP contribution < -0.4 is 10.5 Å². The van der Waals surface area contributed by atoms with Crippen LogP contribution in [0.3, 0.4) is 0 Å². The highest BCUT2D eigenvalue weighted by atomic mass is 32.2. The first-order valence-electron chi connectivity index (χ1n) is 8.99. The van der Waals surface area contributed by atoms with Gasteiger partial charge in [0.05, 0.1) is 4.90 Å². The van der Waals surface area contributed by atoms with Gasteiger partial charge >= 0.3 is 0 Å². The van der Waals surface area contributed by atoms with Crippen LogP contribution in [-0.4, -0.2) is 38.9 Å². The third-order valence-corrected chi connectivity index (χ3v) is 6.47. The van der Waals surface area contributed by atoms with Crippen LogP contribution in [0.25, 0.3) is 0 Å². The SMILES string of the molecule is Cc1ccc(NS(=O)(=O)c2ccc(C(=O)N3CCC(CN)C3)cc2)cc1C. The predicted octanol–water partition coefficient (Wildman–Crippen LogP) is 2.53. The Morgan fingerprint density at radius 3 is 2.44 bits per heavy atom. The summed E-state index contributed by atoms with van der Waals surface area (Å²) in [6.45, 7) is 5.82. The van der Waals surface area contributed by atoms with Gasteiger partial charge in [0, 0.05) is 24.3 Å². The Kier molecular flexibility index (Phi) is 5.53. The molecule has 27 heavy (non-hydrogen) atoms. The van der Waals surface area contributed by atoms with Gasteiger partial charge in [-0.15, -0.1) is 0 Å². The number of amides is 1. The molecule has 3 N–H and O–H groups in total. The Morgan fingerprint density at radius 1 is 1.15 bits per heavy atom. The number of hydrogen-bond donors (Lipinski definition) is 2. The maximum atomic E-state index is 12.6. The van der Waals surface area contributed by atoms with E-state index in [9.17, 15) is 13.2 Å². The second-order valence-electron chi connectivity index (χ2n) is 7.07. The van der Waals surface area contributed by atoms with Gasteiger partial charge in [-0.1, -0.05) is 6.07 Å².